The van der Waals surface area contributed by atoms with Crippen LogP contribution in [0.2, 0.25) is 0 Å². The van der Waals surface area contributed by atoms with Crippen LogP contribution in [0.3, 0.4) is 0 Å². The van der Waals surface area contributed by atoms with E-state index in [1.54, 1.807) is 0 Å². The Bertz CT molecular complexity index is 153. The number of carbonyl (C=O) groups excluding carboxylic acids is 1. The van der Waals surface area contributed by atoms with Gasteiger partial charge in [-0.25, -0.2) is 0 Å². The van der Waals surface area contributed by atoms with Crippen molar-refractivity contribution in [2.75, 3.05) is 6.54 Å². The van der Waals surface area contributed by atoms with E-state index in [2.05, 4.69) is 17.6 Å². The first-order chi connectivity index (χ1) is 5.74. The highest BCUT2D eigenvalue weighted by atomic mass is 16.2. The SMILES string of the molecule is CCC(C)NC(=O)[C@H]1CCCN1. The molecule has 0 radical (unpaired) electrons. The predicted molar refractivity (Wildman–Crippen MR) is 48.9 cm³/mol. The van der Waals surface area contributed by atoms with Crippen molar-refractivity contribution >= 4 is 5.91 Å². The van der Waals surface area contributed by atoms with Crippen molar-refractivity contribution in [2.45, 2.75) is 45.2 Å². The van der Waals surface area contributed by atoms with Crippen LogP contribution >= 0.6 is 0 Å². The minimum absolute atomic E-state index is 0.0685. The first-order valence-electron chi connectivity index (χ1n) is 4.77. The van der Waals surface area contributed by atoms with Crippen LogP contribution in [0.1, 0.15) is 33.1 Å². The summed E-state index contributed by atoms with van der Waals surface area (Å²) in [5.74, 6) is 0.168. The quantitative estimate of drug-likeness (QED) is 0.653. The Balaban J connectivity index is 2.27. The molecule has 0 aromatic carbocycles. The second-order valence-electron chi connectivity index (χ2n) is 3.47. The van der Waals surface area contributed by atoms with Crippen LogP contribution in [0.15, 0.2) is 0 Å². The lowest BCUT2D eigenvalue weighted by atomic mass is 10.2. The molecule has 2 N–H and O–H groups in total. The molecule has 0 spiro atoms. The third kappa shape index (κ3) is 2.48. The van der Waals surface area contributed by atoms with Gasteiger partial charge in [0.25, 0.3) is 0 Å². The van der Waals surface area contributed by atoms with E-state index < -0.39 is 0 Å². The van der Waals surface area contributed by atoms with Crippen LogP contribution in [0.25, 0.3) is 0 Å². The standard InChI is InChI=1S/C9H18N2O/c1-3-7(2)11-9(12)8-5-4-6-10-8/h7-8,10H,3-6H2,1-2H3,(H,11,12)/t7?,8-/m1/s1. The van der Waals surface area contributed by atoms with Gasteiger partial charge in [-0.15, -0.1) is 0 Å². The summed E-state index contributed by atoms with van der Waals surface area (Å²) in [5.41, 5.74) is 0. The average molecular weight is 170 g/mol. The molecule has 1 heterocycles. The molecule has 1 saturated heterocycles. The molecule has 12 heavy (non-hydrogen) atoms. The minimum atomic E-state index is 0.0685. The summed E-state index contributed by atoms with van der Waals surface area (Å²) in [6, 6.07) is 0.374. The minimum Gasteiger partial charge on any atom is -0.352 e. The van der Waals surface area contributed by atoms with E-state index >= 15 is 0 Å². The number of rotatable bonds is 3. The molecule has 1 rings (SSSR count). The molecule has 0 aromatic heterocycles. The lowest BCUT2D eigenvalue weighted by Gasteiger charge is -2.15. The fourth-order valence-electron chi connectivity index (χ4n) is 1.35. The molecule has 0 aliphatic carbocycles. The van der Waals surface area contributed by atoms with Gasteiger partial charge in [0, 0.05) is 6.04 Å². The maximum absolute atomic E-state index is 11.4. The maximum Gasteiger partial charge on any atom is 0.237 e. The normalized spacial score (nSPS) is 25.3. The van der Waals surface area contributed by atoms with Gasteiger partial charge in [0.05, 0.1) is 6.04 Å². The van der Waals surface area contributed by atoms with Crippen LogP contribution < -0.4 is 10.6 Å². The van der Waals surface area contributed by atoms with Gasteiger partial charge >= 0.3 is 0 Å². The average Bonchev–Trinajstić information content (AvgIpc) is 2.56. The molecule has 1 aliphatic heterocycles. The Kier molecular flexibility index (Phi) is 3.53. The molecule has 1 aliphatic rings. The molecule has 3 nitrogen and oxygen atoms in total. The van der Waals surface area contributed by atoms with E-state index in [1.807, 2.05) is 6.92 Å². The second-order valence-corrected chi connectivity index (χ2v) is 3.47. The Morgan fingerprint density at radius 1 is 1.75 bits per heavy atom. The fraction of sp³-hybridized carbons (Fsp3) is 0.889. The highest BCUT2D eigenvalue weighted by Gasteiger charge is 2.22. The molecule has 1 amide bonds. The number of hydrogen-bond donors (Lipinski definition) is 2. The molecule has 1 fully saturated rings. The summed E-state index contributed by atoms with van der Waals surface area (Å²) in [7, 11) is 0. The highest BCUT2D eigenvalue weighted by molar-refractivity contribution is 5.82. The van der Waals surface area contributed by atoms with E-state index in [4.69, 9.17) is 0 Å². The van der Waals surface area contributed by atoms with Crippen molar-refractivity contribution in [3.8, 4) is 0 Å². The Morgan fingerprint density at radius 3 is 3.00 bits per heavy atom. The van der Waals surface area contributed by atoms with Crippen LogP contribution in [0.5, 0.6) is 0 Å². The molecule has 0 bridgehead atoms. The smallest absolute Gasteiger partial charge is 0.237 e. The number of carbonyl (C=O) groups is 1. The lowest BCUT2D eigenvalue weighted by molar-refractivity contribution is -0.123. The van der Waals surface area contributed by atoms with Crippen LogP contribution in [-0.2, 0) is 4.79 Å². The Morgan fingerprint density at radius 2 is 2.50 bits per heavy atom. The molecule has 3 heteroatoms. The van der Waals surface area contributed by atoms with Crippen molar-refractivity contribution < 1.29 is 4.79 Å². The molecular formula is C9H18N2O. The van der Waals surface area contributed by atoms with Gasteiger partial charge in [-0.2, -0.15) is 0 Å². The van der Waals surface area contributed by atoms with Crippen LogP contribution in [0.4, 0.5) is 0 Å². The van der Waals surface area contributed by atoms with Crippen molar-refractivity contribution in [1.82, 2.24) is 10.6 Å². The van der Waals surface area contributed by atoms with Gasteiger partial charge in [-0.1, -0.05) is 6.92 Å². The highest BCUT2D eigenvalue weighted by Crippen LogP contribution is 2.05. The third-order valence-corrected chi connectivity index (χ3v) is 2.38. The molecule has 0 aromatic rings. The molecule has 2 atom stereocenters. The molecule has 1 unspecified atom stereocenters. The van der Waals surface area contributed by atoms with Gasteiger partial charge in [0.2, 0.25) is 5.91 Å². The van der Waals surface area contributed by atoms with Crippen LogP contribution in [-0.4, -0.2) is 24.5 Å². The van der Waals surface area contributed by atoms with Gasteiger partial charge < -0.3 is 10.6 Å². The van der Waals surface area contributed by atoms with Gasteiger partial charge in [-0.3, -0.25) is 4.79 Å². The summed E-state index contributed by atoms with van der Waals surface area (Å²) >= 11 is 0. The maximum atomic E-state index is 11.4. The lowest BCUT2D eigenvalue weighted by Crippen LogP contribution is -2.43. The molecule has 70 valence electrons. The van der Waals surface area contributed by atoms with Crippen molar-refractivity contribution in [3.63, 3.8) is 0 Å². The summed E-state index contributed by atoms with van der Waals surface area (Å²) in [5, 5.41) is 6.14. The summed E-state index contributed by atoms with van der Waals surface area (Å²) in [6.07, 6.45) is 3.11. The van der Waals surface area contributed by atoms with E-state index in [9.17, 15) is 4.79 Å². The van der Waals surface area contributed by atoms with Crippen LogP contribution in [0, 0.1) is 0 Å². The first-order valence-corrected chi connectivity index (χ1v) is 4.77. The monoisotopic (exact) mass is 170 g/mol. The van der Waals surface area contributed by atoms with E-state index in [-0.39, 0.29) is 11.9 Å². The van der Waals surface area contributed by atoms with E-state index in [0.29, 0.717) is 6.04 Å². The summed E-state index contributed by atoms with van der Waals surface area (Å²) in [6.45, 7) is 5.10. The van der Waals surface area contributed by atoms with Gasteiger partial charge in [0.1, 0.15) is 0 Å². The number of amides is 1. The predicted octanol–water partition coefficient (Wildman–Crippen LogP) is 0.653. The second kappa shape index (κ2) is 4.45. The topological polar surface area (TPSA) is 41.1 Å². The van der Waals surface area contributed by atoms with Gasteiger partial charge in [-0.05, 0) is 32.7 Å². The largest absolute Gasteiger partial charge is 0.352 e. The fourth-order valence-corrected chi connectivity index (χ4v) is 1.35. The van der Waals surface area contributed by atoms with Crippen molar-refractivity contribution in [3.05, 3.63) is 0 Å². The zero-order chi connectivity index (χ0) is 8.97. The molecule has 0 saturated carbocycles. The summed E-state index contributed by atoms with van der Waals surface area (Å²) < 4.78 is 0. The first kappa shape index (κ1) is 9.52. The zero-order valence-corrected chi connectivity index (χ0v) is 7.89. The van der Waals surface area contributed by atoms with E-state index in [0.717, 1.165) is 25.8 Å². The summed E-state index contributed by atoms with van der Waals surface area (Å²) in [4.78, 5) is 11.4. The Hall–Kier alpha value is -0.570. The number of hydrogen-bond acceptors (Lipinski definition) is 2. The Labute approximate surface area is 73.9 Å². The van der Waals surface area contributed by atoms with Crippen molar-refractivity contribution in [2.24, 2.45) is 0 Å². The molecular weight excluding hydrogens is 152 g/mol. The zero-order valence-electron chi connectivity index (χ0n) is 7.89. The van der Waals surface area contributed by atoms with Gasteiger partial charge in [0.15, 0.2) is 0 Å². The number of nitrogens with one attached hydrogen (secondary N) is 2. The van der Waals surface area contributed by atoms with E-state index in [1.165, 1.54) is 0 Å². The van der Waals surface area contributed by atoms with Crippen molar-refractivity contribution in [1.29, 1.82) is 0 Å². The third-order valence-electron chi connectivity index (χ3n) is 2.38.